The lowest BCUT2D eigenvalue weighted by Crippen LogP contribution is -2.03. The van der Waals surface area contributed by atoms with Crippen molar-refractivity contribution in [2.45, 2.75) is 39.5 Å². The first-order chi connectivity index (χ1) is 24.0. The molecule has 0 spiro atoms. The van der Waals surface area contributed by atoms with Crippen molar-refractivity contribution < 1.29 is 23.4 Å². The average molecular weight is 699 g/mol. The van der Waals surface area contributed by atoms with Gasteiger partial charge in [0, 0.05) is 28.3 Å². The molecule has 6 aromatic rings. The summed E-state index contributed by atoms with van der Waals surface area (Å²) < 4.78 is 28.1. The van der Waals surface area contributed by atoms with Crippen LogP contribution >= 0.6 is 11.3 Å². The van der Waals surface area contributed by atoms with E-state index in [1.165, 1.54) is 36.4 Å². The molecular formula is C34H38N10O5S. The third-order valence-electron chi connectivity index (χ3n) is 7.32. The maximum absolute atomic E-state index is 6.01. The molecule has 0 atom stereocenters. The lowest BCUT2D eigenvalue weighted by atomic mass is 9.98. The Labute approximate surface area is 292 Å². The van der Waals surface area contributed by atoms with Gasteiger partial charge in [0.05, 0.1) is 32.2 Å². The van der Waals surface area contributed by atoms with Crippen LogP contribution in [-0.4, -0.2) is 44.1 Å². The highest BCUT2D eigenvalue weighted by atomic mass is 32.1. The molecule has 0 aliphatic heterocycles. The summed E-state index contributed by atoms with van der Waals surface area (Å²) in [6.45, 7) is 8.27. The summed E-state index contributed by atoms with van der Waals surface area (Å²) in [5.74, 6) is 4.30. The van der Waals surface area contributed by atoms with Gasteiger partial charge in [-0.1, -0.05) is 27.7 Å². The van der Waals surface area contributed by atoms with Crippen LogP contribution in [0, 0.1) is 0 Å². The topological polar surface area (TPSA) is 231 Å². The van der Waals surface area contributed by atoms with Gasteiger partial charge in [-0.3, -0.25) is 0 Å². The predicted molar refractivity (Wildman–Crippen MR) is 193 cm³/mol. The molecule has 0 fully saturated rings. The van der Waals surface area contributed by atoms with Crippen molar-refractivity contribution in [1.82, 2.24) is 29.9 Å². The van der Waals surface area contributed by atoms with Crippen molar-refractivity contribution >= 4 is 34.9 Å². The highest BCUT2D eigenvalue weighted by Crippen LogP contribution is 2.43. The molecule has 6 rings (SSSR count). The summed E-state index contributed by atoms with van der Waals surface area (Å²) in [6, 6.07) is 7.62. The number of methoxy groups -OCH3 is 2. The lowest BCUT2D eigenvalue weighted by molar-refractivity contribution is 0.412. The van der Waals surface area contributed by atoms with Gasteiger partial charge in [-0.2, -0.15) is 9.97 Å². The normalized spacial score (nSPS) is 10.9. The van der Waals surface area contributed by atoms with Crippen molar-refractivity contribution in [3.63, 3.8) is 0 Å². The highest BCUT2D eigenvalue weighted by Gasteiger charge is 2.20. The maximum atomic E-state index is 6.01. The van der Waals surface area contributed by atoms with Crippen LogP contribution in [0.2, 0.25) is 0 Å². The molecule has 0 radical (unpaired) electrons. The van der Waals surface area contributed by atoms with Crippen LogP contribution in [0.5, 0.6) is 34.5 Å². The first kappa shape index (κ1) is 35.2. The van der Waals surface area contributed by atoms with Gasteiger partial charge in [0.1, 0.15) is 40.0 Å². The van der Waals surface area contributed by atoms with Gasteiger partial charge in [0.25, 0.3) is 0 Å². The number of nitrogens with two attached hydrogens (primary N) is 4. The van der Waals surface area contributed by atoms with E-state index in [9.17, 15) is 0 Å². The number of ether oxygens (including phenoxy) is 4. The van der Waals surface area contributed by atoms with Gasteiger partial charge in [-0.05, 0) is 36.1 Å². The molecule has 0 amide bonds. The fourth-order valence-electron chi connectivity index (χ4n) is 4.83. The number of nitrogen functional groups attached to an aromatic ring is 4. The van der Waals surface area contributed by atoms with Crippen molar-refractivity contribution in [3.05, 3.63) is 72.0 Å². The predicted octanol–water partition coefficient (Wildman–Crippen LogP) is 6.91. The molecule has 260 valence electrons. The zero-order valence-corrected chi connectivity index (χ0v) is 29.2. The molecule has 0 aliphatic rings. The second-order valence-corrected chi connectivity index (χ2v) is 12.3. The Morgan fingerprint density at radius 2 is 1.16 bits per heavy atom. The Balaban J connectivity index is 0.000000194. The van der Waals surface area contributed by atoms with E-state index in [0.29, 0.717) is 34.4 Å². The van der Waals surface area contributed by atoms with Crippen molar-refractivity contribution in [1.29, 1.82) is 0 Å². The van der Waals surface area contributed by atoms with E-state index in [0.717, 1.165) is 33.0 Å². The molecule has 4 aromatic heterocycles. The van der Waals surface area contributed by atoms with Crippen LogP contribution in [0.25, 0.3) is 21.8 Å². The first-order valence-electron chi connectivity index (χ1n) is 15.3. The number of benzene rings is 2. The molecule has 0 aliphatic carbocycles. The fourth-order valence-corrected chi connectivity index (χ4v) is 5.49. The van der Waals surface area contributed by atoms with E-state index in [2.05, 4.69) is 57.6 Å². The summed E-state index contributed by atoms with van der Waals surface area (Å²) in [6.07, 6.45) is 7.56. The molecule has 0 unspecified atom stereocenters. The molecule has 4 heterocycles. The standard InChI is InChI=1S/C17H19N5O3.C17H19N5O2S/c1-9(2)10-4-13(23-3)11(12-7-24-8-21-12)5-14(10)25-15-6-20-17(19)22-16(15)18;1-9(2)10-6-12(23-3)11(16-20-4-5-25-16)7-13(10)24-14-8-21-17(19)22-15(14)18/h4-9H,1-3H3,(H4,18,19,20,22);4-9H,1-3H3,(H4,18,19,21,22). The molecule has 50 heavy (non-hydrogen) atoms. The van der Waals surface area contributed by atoms with Crippen molar-refractivity contribution in [3.8, 4) is 56.3 Å². The van der Waals surface area contributed by atoms with Crippen molar-refractivity contribution in [2.24, 2.45) is 0 Å². The SMILES string of the molecule is COc1cc(C(C)C)c(Oc2cnc(N)nc2N)cc1-c1cocn1.COc1cc(C(C)C)c(Oc2cnc(N)nc2N)cc1-c1nccs1. The monoisotopic (exact) mass is 698 g/mol. The Morgan fingerprint density at radius 3 is 1.58 bits per heavy atom. The molecule has 0 saturated heterocycles. The number of oxazole rings is 1. The number of hydrogen-bond acceptors (Lipinski definition) is 16. The quantitative estimate of drug-likeness (QED) is 0.114. The van der Waals surface area contributed by atoms with E-state index >= 15 is 0 Å². The number of nitrogens with zero attached hydrogens (tertiary/aromatic N) is 6. The van der Waals surface area contributed by atoms with Gasteiger partial charge in [-0.25, -0.2) is 19.9 Å². The Bertz CT molecular complexity index is 1910. The Morgan fingerprint density at radius 1 is 0.640 bits per heavy atom. The molecule has 2 aromatic carbocycles. The Kier molecular flexibility index (Phi) is 10.8. The summed E-state index contributed by atoms with van der Waals surface area (Å²) >= 11 is 1.53. The average Bonchev–Trinajstić information content (AvgIpc) is 3.83. The minimum Gasteiger partial charge on any atom is -0.496 e. The third-order valence-corrected chi connectivity index (χ3v) is 8.13. The van der Waals surface area contributed by atoms with Crippen LogP contribution in [-0.2, 0) is 0 Å². The zero-order chi connectivity index (χ0) is 35.9. The molecule has 0 bridgehead atoms. The second kappa shape index (κ2) is 15.4. The van der Waals surface area contributed by atoms with Gasteiger partial charge >= 0.3 is 0 Å². The molecule has 8 N–H and O–H groups in total. The van der Waals surface area contributed by atoms with Gasteiger partial charge in [0.2, 0.25) is 11.9 Å². The first-order valence-corrected chi connectivity index (χ1v) is 16.2. The minimum atomic E-state index is 0.0898. The summed E-state index contributed by atoms with van der Waals surface area (Å²) in [4.78, 5) is 24.3. The maximum Gasteiger partial charge on any atom is 0.222 e. The van der Waals surface area contributed by atoms with Crippen LogP contribution in [0.4, 0.5) is 23.5 Å². The third kappa shape index (κ3) is 7.92. The van der Waals surface area contributed by atoms with Crippen LogP contribution in [0.15, 0.2) is 65.3 Å². The smallest absolute Gasteiger partial charge is 0.222 e. The number of thiazole rings is 1. The molecule has 0 saturated carbocycles. The van der Waals surface area contributed by atoms with Crippen LogP contribution < -0.4 is 41.9 Å². The number of aromatic nitrogens is 6. The van der Waals surface area contributed by atoms with E-state index in [-0.39, 0.29) is 35.4 Å². The fraction of sp³-hybridized carbons (Fsp3) is 0.235. The summed E-state index contributed by atoms with van der Waals surface area (Å²) in [5, 5.41) is 2.76. The van der Waals surface area contributed by atoms with Crippen LogP contribution in [0.3, 0.4) is 0 Å². The van der Waals surface area contributed by atoms with Gasteiger partial charge < -0.3 is 46.3 Å². The second-order valence-electron chi connectivity index (χ2n) is 11.4. The van der Waals surface area contributed by atoms with Crippen molar-refractivity contribution in [2.75, 3.05) is 37.2 Å². The summed E-state index contributed by atoms with van der Waals surface area (Å²) in [7, 11) is 3.25. The summed E-state index contributed by atoms with van der Waals surface area (Å²) in [5.41, 5.74) is 27.0. The van der Waals surface area contributed by atoms with Gasteiger partial charge in [-0.15, -0.1) is 11.3 Å². The van der Waals surface area contributed by atoms with E-state index in [1.807, 2.05) is 29.6 Å². The Hall–Kier alpha value is -6.16. The number of rotatable bonds is 10. The minimum absolute atomic E-state index is 0.0898. The molecular weight excluding hydrogens is 661 g/mol. The van der Waals surface area contributed by atoms with E-state index in [4.69, 9.17) is 46.3 Å². The number of hydrogen-bond donors (Lipinski definition) is 4. The largest absolute Gasteiger partial charge is 0.496 e. The lowest BCUT2D eigenvalue weighted by Gasteiger charge is -2.18. The van der Waals surface area contributed by atoms with E-state index < -0.39 is 0 Å². The van der Waals surface area contributed by atoms with Gasteiger partial charge in [0.15, 0.2) is 29.5 Å². The zero-order valence-electron chi connectivity index (χ0n) is 28.4. The van der Waals surface area contributed by atoms with Crippen LogP contribution in [0.1, 0.15) is 50.7 Å². The molecule has 15 nitrogen and oxygen atoms in total. The number of anilines is 4. The molecule has 16 heteroatoms. The highest BCUT2D eigenvalue weighted by molar-refractivity contribution is 7.13. The van der Waals surface area contributed by atoms with E-state index in [1.54, 1.807) is 20.4 Å².